The molecule has 0 bridgehead atoms. The van der Waals surface area contributed by atoms with Crippen LogP contribution in [-0.2, 0) is 0 Å². The normalized spacial score (nSPS) is 21.8. The van der Waals surface area contributed by atoms with Gasteiger partial charge in [0, 0.05) is 23.3 Å². The Morgan fingerprint density at radius 3 is 2.58 bits per heavy atom. The highest BCUT2D eigenvalue weighted by Gasteiger charge is 2.27. The number of rotatable bonds is 4. The van der Waals surface area contributed by atoms with Crippen LogP contribution < -0.4 is 20.1 Å². The second-order valence-electron chi connectivity index (χ2n) is 5.71. The molecular formula is C15H24N2O2. The standard InChI is InChI=1S/C15H24N2O2/c1-15(2)10-12(7-8-16-15)17-11-5-6-13(18-3)14(9-11)19-4/h5-6,9,12,16-17H,7-8,10H2,1-4H3. The summed E-state index contributed by atoms with van der Waals surface area (Å²) >= 11 is 0. The van der Waals surface area contributed by atoms with Gasteiger partial charge in [-0.3, -0.25) is 0 Å². The fourth-order valence-corrected chi connectivity index (χ4v) is 2.66. The third-order valence-corrected chi connectivity index (χ3v) is 3.61. The highest BCUT2D eigenvalue weighted by Crippen LogP contribution is 2.31. The van der Waals surface area contributed by atoms with Gasteiger partial charge in [0.25, 0.3) is 0 Å². The van der Waals surface area contributed by atoms with E-state index in [1.165, 1.54) is 0 Å². The molecule has 1 atom stereocenters. The molecule has 1 heterocycles. The van der Waals surface area contributed by atoms with E-state index in [0.29, 0.717) is 6.04 Å². The third-order valence-electron chi connectivity index (χ3n) is 3.61. The summed E-state index contributed by atoms with van der Waals surface area (Å²) in [7, 11) is 3.32. The molecule has 0 aliphatic carbocycles. The van der Waals surface area contributed by atoms with Crippen molar-refractivity contribution in [3.05, 3.63) is 18.2 Å². The van der Waals surface area contributed by atoms with Crippen molar-refractivity contribution in [2.75, 3.05) is 26.1 Å². The summed E-state index contributed by atoms with van der Waals surface area (Å²) in [5, 5.41) is 7.12. The number of ether oxygens (including phenoxy) is 2. The van der Waals surface area contributed by atoms with Gasteiger partial charge in [0.2, 0.25) is 0 Å². The van der Waals surface area contributed by atoms with Crippen LogP contribution >= 0.6 is 0 Å². The molecule has 1 aromatic rings. The maximum absolute atomic E-state index is 5.33. The lowest BCUT2D eigenvalue weighted by Crippen LogP contribution is -2.49. The van der Waals surface area contributed by atoms with Gasteiger partial charge in [-0.1, -0.05) is 0 Å². The zero-order valence-electron chi connectivity index (χ0n) is 12.2. The first kappa shape index (κ1) is 14.0. The molecule has 0 radical (unpaired) electrons. The maximum Gasteiger partial charge on any atom is 0.162 e. The third kappa shape index (κ3) is 3.53. The van der Waals surface area contributed by atoms with Crippen LogP contribution in [0.3, 0.4) is 0 Å². The van der Waals surface area contributed by atoms with Crippen molar-refractivity contribution in [2.45, 2.75) is 38.3 Å². The first-order chi connectivity index (χ1) is 9.04. The Bertz CT molecular complexity index is 432. The van der Waals surface area contributed by atoms with Crippen molar-refractivity contribution < 1.29 is 9.47 Å². The maximum atomic E-state index is 5.33. The fourth-order valence-electron chi connectivity index (χ4n) is 2.66. The van der Waals surface area contributed by atoms with E-state index in [-0.39, 0.29) is 5.54 Å². The number of hydrogen-bond acceptors (Lipinski definition) is 4. The van der Waals surface area contributed by atoms with E-state index >= 15 is 0 Å². The summed E-state index contributed by atoms with van der Waals surface area (Å²) in [5.41, 5.74) is 1.28. The fraction of sp³-hybridized carbons (Fsp3) is 0.600. The number of hydrogen-bond donors (Lipinski definition) is 2. The molecule has 19 heavy (non-hydrogen) atoms. The average molecular weight is 264 g/mol. The number of piperidine rings is 1. The minimum atomic E-state index is 0.201. The number of anilines is 1. The predicted octanol–water partition coefficient (Wildman–Crippen LogP) is 2.65. The number of benzene rings is 1. The molecule has 0 spiro atoms. The zero-order chi connectivity index (χ0) is 13.9. The number of nitrogens with one attached hydrogen (secondary N) is 2. The topological polar surface area (TPSA) is 42.5 Å². The Morgan fingerprint density at radius 2 is 1.95 bits per heavy atom. The highest BCUT2D eigenvalue weighted by molar-refractivity contribution is 5.55. The van der Waals surface area contributed by atoms with Crippen LogP contribution in [0.15, 0.2) is 18.2 Å². The van der Waals surface area contributed by atoms with Gasteiger partial charge in [-0.25, -0.2) is 0 Å². The van der Waals surface area contributed by atoms with Gasteiger partial charge in [-0.05, 0) is 45.4 Å². The van der Waals surface area contributed by atoms with E-state index in [2.05, 4.69) is 24.5 Å². The molecule has 4 nitrogen and oxygen atoms in total. The van der Waals surface area contributed by atoms with E-state index in [1.54, 1.807) is 14.2 Å². The van der Waals surface area contributed by atoms with Crippen molar-refractivity contribution >= 4 is 5.69 Å². The smallest absolute Gasteiger partial charge is 0.162 e. The van der Waals surface area contributed by atoms with Crippen molar-refractivity contribution in [2.24, 2.45) is 0 Å². The summed E-state index contributed by atoms with van der Waals surface area (Å²) in [6.45, 7) is 5.54. The molecule has 0 amide bonds. The molecule has 1 aliphatic rings. The average Bonchev–Trinajstić information content (AvgIpc) is 2.37. The van der Waals surface area contributed by atoms with Gasteiger partial charge in [0.05, 0.1) is 14.2 Å². The quantitative estimate of drug-likeness (QED) is 0.877. The molecule has 1 aromatic carbocycles. The minimum absolute atomic E-state index is 0.201. The monoisotopic (exact) mass is 264 g/mol. The summed E-state index contributed by atoms with van der Waals surface area (Å²) < 4.78 is 10.6. The minimum Gasteiger partial charge on any atom is -0.493 e. The van der Waals surface area contributed by atoms with Crippen molar-refractivity contribution in [3.63, 3.8) is 0 Å². The molecule has 2 rings (SSSR count). The Kier molecular flexibility index (Phi) is 4.20. The molecule has 1 aliphatic heterocycles. The van der Waals surface area contributed by atoms with Gasteiger partial charge in [-0.15, -0.1) is 0 Å². The lowest BCUT2D eigenvalue weighted by Gasteiger charge is -2.37. The van der Waals surface area contributed by atoms with Gasteiger partial charge in [-0.2, -0.15) is 0 Å². The van der Waals surface area contributed by atoms with Gasteiger partial charge < -0.3 is 20.1 Å². The molecule has 4 heteroatoms. The van der Waals surface area contributed by atoms with Gasteiger partial charge in [0.15, 0.2) is 11.5 Å². The van der Waals surface area contributed by atoms with Gasteiger partial charge in [0.1, 0.15) is 0 Å². The summed E-state index contributed by atoms with van der Waals surface area (Å²) in [6, 6.07) is 6.46. The van der Waals surface area contributed by atoms with Crippen LogP contribution in [-0.4, -0.2) is 32.3 Å². The summed E-state index contributed by atoms with van der Waals surface area (Å²) in [4.78, 5) is 0. The van der Waals surface area contributed by atoms with E-state index in [1.807, 2.05) is 18.2 Å². The first-order valence-corrected chi connectivity index (χ1v) is 6.78. The molecule has 1 saturated heterocycles. The number of methoxy groups -OCH3 is 2. The zero-order valence-corrected chi connectivity index (χ0v) is 12.2. The van der Waals surface area contributed by atoms with E-state index < -0.39 is 0 Å². The van der Waals surface area contributed by atoms with Crippen LogP contribution in [0.5, 0.6) is 11.5 Å². The van der Waals surface area contributed by atoms with Crippen LogP contribution in [0.2, 0.25) is 0 Å². The van der Waals surface area contributed by atoms with Crippen LogP contribution in [0.4, 0.5) is 5.69 Å². The highest BCUT2D eigenvalue weighted by atomic mass is 16.5. The summed E-state index contributed by atoms with van der Waals surface area (Å²) in [5.74, 6) is 1.53. The van der Waals surface area contributed by atoms with E-state index in [9.17, 15) is 0 Å². The van der Waals surface area contributed by atoms with Crippen molar-refractivity contribution in [3.8, 4) is 11.5 Å². The second kappa shape index (κ2) is 5.70. The molecule has 1 unspecified atom stereocenters. The lowest BCUT2D eigenvalue weighted by atomic mass is 9.89. The summed E-state index contributed by atoms with van der Waals surface area (Å²) in [6.07, 6.45) is 2.25. The van der Waals surface area contributed by atoms with Gasteiger partial charge >= 0.3 is 0 Å². The van der Waals surface area contributed by atoms with E-state index in [4.69, 9.17) is 9.47 Å². The Balaban J connectivity index is 2.06. The lowest BCUT2D eigenvalue weighted by molar-refractivity contribution is 0.286. The Hall–Kier alpha value is -1.42. The van der Waals surface area contributed by atoms with Crippen LogP contribution in [0.1, 0.15) is 26.7 Å². The van der Waals surface area contributed by atoms with Crippen molar-refractivity contribution in [1.29, 1.82) is 0 Å². The Labute approximate surface area is 115 Å². The molecular weight excluding hydrogens is 240 g/mol. The second-order valence-corrected chi connectivity index (χ2v) is 5.71. The molecule has 0 saturated carbocycles. The molecule has 0 aromatic heterocycles. The molecule has 106 valence electrons. The molecule has 2 N–H and O–H groups in total. The predicted molar refractivity (Wildman–Crippen MR) is 78.3 cm³/mol. The van der Waals surface area contributed by atoms with Crippen LogP contribution in [0, 0.1) is 0 Å². The molecule has 1 fully saturated rings. The van der Waals surface area contributed by atoms with Crippen molar-refractivity contribution in [1.82, 2.24) is 5.32 Å². The van der Waals surface area contributed by atoms with Crippen LogP contribution in [0.25, 0.3) is 0 Å². The Morgan fingerprint density at radius 1 is 1.21 bits per heavy atom. The largest absolute Gasteiger partial charge is 0.493 e. The first-order valence-electron chi connectivity index (χ1n) is 6.78. The van der Waals surface area contributed by atoms with E-state index in [0.717, 1.165) is 36.6 Å². The SMILES string of the molecule is COc1ccc(NC2CCNC(C)(C)C2)cc1OC.